The Hall–Kier alpha value is -1.32. The molecule has 0 unspecified atom stereocenters. The van der Waals surface area contributed by atoms with E-state index < -0.39 is 5.97 Å². The molecule has 0 aromatic carbocycles. The topological polar surface area (TPSA) is 66.4 Å². The van der Waals surface area contributed by atoms with E-state index >= 15 is 0 Å². The summed E-state index contributed by atoms with van der Waals surface area (Å²) in [6, 6.07) is 0.232. The van der Waals surface area contributed by atoms with Crippen molar-refractivity contribution in [2.75, 3.05) is 0 Å². The van der Waals surface area contributed by atoms with Crippen LogP contribution < -0.4 is 5.32 Å². The van der Waals surface area contributed by atoms with E-state index in [2.05, 4.69) is 5.32 Å². The average molecular weight is 196 g/mol. The van der Waals surface area contributed by atoms with E-state index in [0.29, 0.717) is 0 Å². The van der Waals surface area contributed by atoms with Crippen LogP contribution in [-0.2, 0) is 9.59 Å². The van der Waals surface area contributed by atoms with Crippen LogP contribution in [0.2, 0.25) is 0 Å². The molecule has 1 rings (SSSR count). The molecule has 1 aliphatic rings. The first kappa shape index (κ1) is 10.8. The molecule has 1 radical (unpaired) electrons. The SMILES string of the molecule is O=[C]C(=CC(=O)O)NC1CCCCC1. The molecule has 0 aromatic heterocycles. The van der Waals surface area contributed by atoms with Crippen molar-refractivity contribution >= 4 is 12.3 Å². The maximum absolute atomic E-state index is 10.4. The number of carboxylic acids is 1. The maximum Gasteiger partial charge on any atom is 0.330 e. The molecule has 1 fully saturated rings. The van der Waals surface area contributed by atoms with E-state index in [0.717, 1.165) is 31.8 Å². The molecule has 0 saturated heterocycles. The van der Waals surface area contributed by atoms with Crippen molar-refractivity contribution in [3.63, 3.8) is 0 Å². The Morgan fingerprint density at radius 2 is 2.00 bits per heavy atom. The minimum atomic E-state index is -1.12. The normalized spacial score (nSPS) is 19.0. The average Bonchev–Trinajstić information content (AvgIpc) is 2.17. The molecule has 0 atom stereocenters. The monoisotopic (exact) mass is 196 g/mol. The predicted octanol–water partition coefficient (Wildman–Crippen LogP) is 0.987. The molecule has 4 heteroatoms. The van der Waals surface area contributed by atoms with Crippen molar-refractivity contribution in [3.05, 3.63) is 11.8 Å². The lowest BCUT2D eigenvalue weighted by molar-refractivity contribution is -0.131. The van der Waals surface area contributed by atoms with Crippen molar-refractivity contribution in [1.82, 2.24) is 5.32 Å². The van der Waals surface area contributed by atoms with Crippen LogP contribution in [0.1, 0.15) is 32.1 Å². The number of carbonyl (C=O) groups is 1. The quantitative estimate of drug-likeness (QED) is 0.658. The summed E-state index contributed by atoms with van der Waals surface area (Å²) in [6.07, 6.45) is 7.95. The lowest BCUT2D eigenvalue weighted by atomic mass is 9.95. The highest BCUT2D eigenvalue weighted by molar-refractivity contribution is 5.88. The van der Waals surface area contributed by atoms with Crippen LogP contribution >= 0.6 is 0 Å². The Morgan fingerprint density at radius 3 is 2.50 bits per heavy atom. The molecule has 0 spiro atoms. The van der Waals surface area contributed by atoms with Crippen LogP contribution in [0.4, 0.5) is 0 Å². The zero-order valence-electron chi connectivity index (χ0n) is 7.95. The Labute approximate surface area is 83.0 Å². The van der Waals surface area contributed by atoms with Gasteiger partial charge in [0, 0.05) is 6.04 Å². The number of rotatable bonds is 4. The number of nitrogens with one attached hydrogen (secondary N) is 1. The summed E-state index contributed by atoms with van der Waals surface area (Å²) in [6.45, 7) is 0. The fourth-order valence-electron chi connectivity index (χ4n) is 1.69. The fraction of sp³-hybridized carbons (Fsp3) is 0.600. The summed E-state index contributed by atoms with van der Waals surface area (Å²) in [5.41, 5.74) is 0.0457. The maximum atomic E-state index is 10.4. The molecule has 0 bridgehead atoms. The number of carboxylic acid groups (broad SMARTS) is 1. The van der Waals surface area contributed by atoms with Gasteiger partial charge >= 0.3 is 5.97 Å². The van der Waals surface area contributed by atoms with Gasteiger partial charge in [-0.15, -0.1) is 0 Å². The molecular formula is C10H14NO3. The highest BCUT2D eigenvalue weighted by Crippen LogP contribution is 2.17. The van der Waals surface area contributed by atoms with Gasteiger partial charge in [0.15, 0.2) is 0 Å². The highest BCUT2D eigenvalue weighted by atomic mass is 16.4. The zero-order chi connectivity index (χ0) is 10.4. The third-order valence-electron chi connectivity index (χ3n) is 2.34. The molecule has 2 N–H and O–H groups in total. The first-order valence-corrected chi connectivity index (χ1v) is 4.81. The van der Waals surface area contributed by atoms with Gasteiger partial charge in [-0.25, -0.2) is 4.79 Å². The van der Waals surface area contributed by atoms with Crippen molar-refractivity contribution < 1.29 is 14.7 Å². The fourth-order valence-corrected chi connectivity index (χ4v) is 1.69. The van der Waals surface area contributed by atoms with E-state index in [4.69, 9.17) is 5.11 Å². The number of hydrogen-bond acceptors (Lipinski definition) is 3. The van der Waals surface area contributed by atoms with E-state index in [1.54, 1.807) is 6.29 Å². The van der Waals surface area contributed by atoms with E-state index in [1.807, 2.05) is 0 Å². The molecule has 0 heterocycles. The summed E-state index contributed by atoms with van der Waals surface area (Å²) < 4.78 is 0. The first-order chi connectivity index (χ1) is 6.72. The molecular weight excluding hydrogens is 182 g/mol. The second-order valence-electron chi connectivity index (χ2n) is 3.48. The van der Waals surface area contributed by atoms with Gasteiger partial charge in [-0.2, -0.15) is 0 Å². The first-order valence-electron chi connectivity index (χ1n) is 4.81. The van der Waals surface area contributed by atoms with Crippen LogP contribution in [0.5, 0.6) is 0 Å². The standard InChI is InChI=1S/C10H14NO3/c12-7-9(6-10(13)14)11-8-4-2-1-3-5-8/h6,8,11H,1-5H2,(H,13,14). The number of hydrogen-bond donors (Lipinski definition) is 2. The predicted molar refractivity (Wildman–Crippen MR) is 51.4 cm³/mol. The zero-order valence-corrected chi connectivity index (χ0v) is 7.95. The van der Waals surface area contributed by atoms with Crippen molar-refractivity contribution in [1.29, 1.82) is 0 Å². The van der Waals surface area contributed by atoms with Gasteiger partial charge in [-0.3, -0.25) is 4.79 Å². The third kappa shape index (κ3) is 3.60. The van der Waals surface area contributed by atoms with Gasteiger partial charge in [0.05, 0.1) is 11.8 Å². The third-order valence-corrected chi connectivity index (χ3v) is 2.34. The van der Waals surface area contributed by atoms with Gasteiger partial charge in [0.25, 0.3) is 6.29 Å². The van der Waals surface area contributed by atoms with Gasteiger partial charge in [0.2, 0.25) is 0 Å². The van der Waals surface area contributed by atoms with Crippen molar-refractivity contribution in [2.24, 2.45) is 0 Å². The van der Waals surface area contributed by atoms with Gasteiger partial charge in [0.1, 0.15) is 0 Å². The van der Waals surface area contributed by atoms with Crippen molar-refractivity contribution in [3.8, 4) is 0 Å². The van der Waals surface area contributed by atoms with Crippen LogP contribution in [0.25, 0.3) is 0 Å². The van der Waals surface area contributed by atoms with E-state index in [9.17, 15) is 9.59 Å². The van der Waals surface area contributed by atoms with Crippen LogP contribution in [0.15, 0.2) is 11.8 Å². The molecule has 0 amide bonds. The Bertz CT molecular complexity index is 242. The second-order valence-corrected chi connectivity index (χ2v) is 3.48. The Balaban J connectivity index is 2.46. The number of aliphatic carboxylic acids is 1. The van der Waals surface area contributed by atoms with Gasteiger partial charge < -0.3 is 10.4 Å². The van der Waals surface area contributed by atoms with Gasteiger partial charge in [-0.1, -0.05) is 19.3 Å². The molecule has 77 valence electrons. The number of carbonyl (C=O) groups excluding carboxylic acids is 1. The van der Waals surface area contributed by atoms with Crippen LogP contribution in [0.3, 0.4) is 0 Å². The molecule has 1 saturated carbocycles. The van der Waals surface area contributed by atoms with Gasteiger partial charge in [-0.05, 0) is 12.8 Å². The minimum Gasteiger partial charge on any atom is -0.478 e. The molecule has 14 heavy (non-hydrogen) atoms. The van der Waals surface area contributed by atoms with Crippen LogP contribution in [0, 0.1) is 0 Å². The largest absolute Gasteiger partial charge is 0.478 e. The summed E-state index contributed by atoms with van der Waals surface area (Å²) in [5.74, 6) is -1.12. The second kappa shape index (κ2) is 5.42. The highest BCUT2D eigenvalue weighted by Gasteiger charge is 2.14. The van der Waals surface area contributed by atoms with Crippen molar-refractivity contribution in [2.45, 2.75) is 38.1 Å². The van der Waals surface area contributed by atoms with E-state index in [1.165, 1.54) is 6.42 Å². The lowest BCUT2D eigenvalue weighted by Gasteiger charge is -2.23. The smallest absolute Gasteiger partial charge is 0.330 e. The minimum absolute atomic E-state index is 0.0457. The summed E-state index contributed by atoms with van der Waals surface area (Å²) in [4.78, 5) is 20.7. The molecule has 0 aliphatic heterocycles. The Morgan fingerprint density at radius 1 is 1.36 bits per heavy atom. The van der Waals surface area contributed by atoms with Crippen LogP contribution in [-0.4, -0.2) is 23.4 Å². The van der Waals surface area contributed by atoms with E-state index in [-0.39, 0.29) is 11.7 Å². The summed E-state index contributed by atoms with van der Waals surface area (Å²) in [7, 11) is 0. The lowest BCUT2D eigenvalue weighted by Crippen LogP contribution is -2.31. The molecule has 4 nitrogen and oxygen atoms in total. The number of allylic oxidation sites excluding steroid dienone is 1. The molecule has 0 aromatic rings. The summed E-state index contributed by atoms with van der Waals surface area (Å²) >= 11 is 0. The summed E-state index contributed by atoms with van der Waals surface area (Å²) in [5, 5.41) is 11.3. The molecule has 1 aliphatic carbocycles. The Kier molecular flexibility index (Phi) is 4.16.